The van der Waals surface area contributed by atoms with E-state index in [2.05, 4.69) is 11.2 Å². The van der Waals surface area contributed by atoms with Gasteiger partial charge in [-0.05, 0) is 70.4 Å². The third-order valence-corrected chi connectivity index (χ3v) is 4.46. The molecule has 29 heavy (non-hydrogen) atoms. The minimum atomic E-state index is -0.807. The second kappa shape index (κ2) is 8.96. The second-order valence-corrected chi connectivity index (χ2v) is 8.38. The Bertz CT molecular complexity index is 921. The minimum Gasteiger partial charge on any atom is -0.458 e. The Morgan fingerprint density at radius 3 is 2.10 bits per heavy atom. The van der Waals surface area contributed by atoms with E-state index in [0.717, 1.165) is 27.8 Å². The molecule has 0 fully saturated rings. The van der Waals surface area contributed by atoms with Crippen molar-refractivity contribution in [2.75, 3.05) is 0 Å². The standard InChI is InChI=1S/C25H29NO3/c1-8-19-9-11-20(12-10-19)15-21(24(28)29-25(5,6)7)26-23(27)22-17(3)13-16(2)14-18(22)4/h1,9-14,21H,15H2,2-7H3,(H,26,27). The summed E-state index contributed by atoms with van der Waals surface area (Å²) in [6.45, 7) is 11.2. The Hall–Kier alpha value is -3.06. The zero-order valence-corrected chi connectivity index (χ0v) is 18.1. The van der Waals surface area contributed by atoms with Crippen LogP contribution in [0.4, 0.5) is 0 Å². The van der Waals surface area contributed by atoms with Crippen molar-refractivity contribution in [1.29, 1.82) is 0 Å². The summed E-state index contributed by atoms with van der Waals surface area (Å²) < 4.78 is 5.55. The van der Waals surface area contributed by atoms with Crippen molar-refractivity contribution < 1.29 is 14.3 Å². The highest BCUT2D eigenvalue weighted by Crippen LogP contribution is 2.18. The highest BCUT2D eigenvalue weighted by molar-refractivity contribution is 5.99. The molecule has 4 nitrogen and oxygen atoms in total. The molecule has 1 amide bonds. The molecule has 152 valence electrons. The van der Waals surface area contributed by atoms with E-state index in [1.54, 1.807) is 20.8 Å². The summed E-state index contributed by atoms with van der Waals surface area (Å²) in [5, 5.41) is 2.88. The van der Waals surface area contributed by atoms with Gasteiger partial charge in [-0.2, -0.15) is 0 Å². The lowest BCUT2D eigenvalue weighted by Gasteiger charge is -2.25. The molecule has 2 rings (SSSR count). The van der Waals surface area contributed by atoms with E-state index in [4.69, 9.17) is 11.2 Å². The Morgan fingerprint density at radius 1 is 1.07 bits per heavy atom. The molecule has 2 aromatic carbocycles. The largest absolute Gasteiger partial charge is 0.458 e. The van der Waals surface area contributed by atoms with Gasteiger partial charge in [0, 0.05) is 17.5 Å². The molecule has 1 atom stereocenters. The molecule has 2 aromatic rings. The van der Waals surface area contributed by atoms with Gasteiger partial charge in [0.15, 0.2) is 0 Å². The van der Waals surface area contributed by atoms with Crippen molar-refractivity contribution in [3.63, 3.8) is 0 Å². The van der Waals surface area contributed by atoms with Crippen LogP contribution in [0.25, 0.3) is 0 Å². The minimum absolute atomic E-state index is 0.281. The highest BCUT2D eigenvalue weighted by Gasteiger charge is 2.28. The molecule has 0 bridgehead atoms. The number of ether oxygens (including phenoxy) is 1. The molecule has 0 aromatic heterocycles. The van der Waals surface area contributed by atoms with E-state index in [1.807, 2.05) is 57.2 Å². The van der Waals surface area contributed by atoms with Gasteiger partial charge in [0.05, 0.1) is 0 Å². The van der Waals surface area contributed by atoms with Crippen LogP contribution >= 0.6 is 0 Å². The fraction of sp³-hybridized carbons (Fsp3) is 0.360. The zero-order chi connectivity index (χ0) is 21.8. The molecular weight excluding hydrogens is 362 g/mol. The number of aryl methyl sites for hydroxylation is 3. The molecule has 0 spiro atoms. The van der Waals surface area contributed by atoms with Gasteiger partial charge in [0.25, 0.3) is 5.91 Å². The molecule has 0 heterocycles. The van der Waals surface area contributed by atoms with E-state index in [1.165, 1.54) is 0 Å². The number of hydrogen-bond donors (Lipinski definition) is 1. The number of nitrogens with one attached hydrogen (secondary N) is 1. The van der Waals surface area contributed by atoms with Crippen LogP contribution in [0.5, 0.6) is 0 Å². The topological polar surface area (TPSA) is 55.4 Å². The summed E-state index contributed by atoms with van der Waals surface area (Å²) in [4.78, 5) is 25.8. The Kier molecular flexibility index (Phi) is 6.87. The maximum absolute atomic E-state index is 13.0. The van der Waals surface area contributed by atoms with Crippen LogP contribution in [0.1, 0.15) is 58.9 Å². The van der Waals surface area contributed by atoms with Gasteiger partial charge in [-0.1, -0.05) is 35.7 Å². The van der Waals surface area contributed by atoms with Gasteiger partial charge in [0.2, 0.25) is 0 Å². The third-order valence-electron chi connectivity index (χ3n) is 4.46. The number of carbonyl (C=O) groups is 2. The average Bonchev–Trinajstić information content (AvgIpc) is 2.59. The maximum Gasteiger partial charge on any atom is 0.329 e. The van der Waals surface area contributed by atoms with E-state index in [0.29, 0.717) is 12.0 Å². The molecule has 1 unspecified atom stereocenters. The van der Waals surface area contributed by atoms with Crippen LogP contribution in [-0.4, -0.2) is 23.5 Å². The lowest BCUT2D eigenvalue weighted by atomic mass is 9.98. The lowest BCUT2D eigenvalue weighted by molar-refractivity contribution is -0.157. The predicted octanol–water partition coefficient (Wildman–Crippen LogP) is 4.28. The smallest absolute Gasteiger partial charge is 0.329 e. The van der Waals surface area contributed by atoms with Crippen molar-refractivity contribution in [2.45, 2.75) is 59.6 Å². The number of amides is 1. The predicted molar refractivity (Wildman–Crippen MR) is 116 cm³/mol. The summed E-state index contributed by atoms with van der Waals surface area (Å²) in [5.41, 5.74) is 4.43. The summed E-state index contributed by atoms with van der Waals surface area (Å²) in [6.07, 6.45) is 5.72. The van der Waals surface area contributed by atoms with Crippen molar-refractivity contribution in [3.05, 3.63) is 69.8 Å². The first-order valence-electron chi connectivity index (χ1n) is 9.67. The SMILES string of the molecule is C#Cc1ccc(CC(NC(=O)c2c(C)cc(C)cc2C)C(=O)OC(C)(C)C)cc1. The maximum atomic E-state index is 13.0. The monoisotopic (exact) mass is 391 g/mol. The first kappa shape index (κ1) is 22.2. The highest BCUT2D eigenvalue weighted by atomic mass is 16.6. The average molecular weight is 392 g/mol. The molecule has 0 aliphatic heterocycles. The molecule has 4 heteroatoms. The second-order valence-electron chi connectivity index (χ2n) is 8.38. The van der Waals surface area contributed by atoms with E-state index >= 15 is 0 Å². The van der Waals surface area contributed by atoms with Gasteiger partial charge in [-0.3, -0.25) is 4.79 Å². The molecule has 0 saturated carbocycles. The van der Waals surface area contributed by atoms with Gasteiger partial charge < -0.3 is 10.1 Å². The fourth-order valence-corrected chi connectivity index (χ4v) is 3.31. The summed E-state index contributed by atoms with van der Waals surface area (Å²) >= 11 is 0. The van der Waals surface area contributed by atoms with Crippen LogP contribution < -0.4 is 5.32 Å². The van der Waals surface area contributed by atoms with Gasteiger partial charge in [-0.15, -0.1) is 6.42 Å². The van der Waals surface area contributed by atoms with Crippen molar-refractivity contribution in [2.24, 2.45) is 0 Å². The number of carbonyl (C=O) groups excluding carboxylic acids is 2. The number of rotatable bonds is 5. The summed E-state index contributed by atoms with van der Waals surface area (Å²) in [7, 11) is 0. The number of terminal acetylenes is 1. The molecular formula is C25H29NO3. The lowest BCUT2D eigenvalue weighted by Crippen LogP contribution is -2.45. The van der Waals surface area contributed by atoms with Crippen molar-refractivity contribution in [3.8, 4) is 12.3 Å². The normalized spacial score (nSPS) is 12.0. The van der Waals surface area contributed by atoms with Crippen molar-refractivity contribution >= 4 is 11.9 Å². The third kappa shape index (κ3) is 6.22. The van der Waals surface area contributed by atoms with Gasteiger partial charge in [-0.25, -0.2) is 4.79 Å². The fourth-order valence-electron chi connectivity index (χ4n) is 3.31. The van der Waals surface area contributed by atoms with Crippen LogP contribution in [0.15, 0.2) is 36.4 Å². The Balaban J connectivity index is 2.30. The van der Waals surface area contributed by atoms with Crippen LogP contribution in [-0.2, 0) is 16.0 Å². The first-order chi connectivity index (χ1) is 13.5. The number of esters is 1. The van der Waals surface area contributed by atoms with E-state index < -0.39 is 17.6 Å². The summed E-state index contributed by atoms with van der Waals surface area (Å²) in [5.74, 6) is 1.83. The first-order valence-corrected chi connectivity index (χ1v) is 9.67. The van der Waals surface area contributed by atoms with Gasteiger partial charge in [0.1, 0.15) is 11.6 Å². The quantitative estimate of drug-likeness (QED) is 0.611. The van der Waals surface area contributed by atoms with E-state index in [9.17, 15) is 9.59 Å². The van der Waals surface area contributed by atoms with Crippen LogP contribution in [0.3, 0.4) is 0 Å². The number of hydrogen-bond acceptors (Lipinski definition) is 3. The van der Waals surface area contributed by atoms with Gasteiger partial charge >= 0.3 is 5.97 Å². The molecule has 0 radical (unpaired) electrons. The Morgan fingerprint density at radius 2 is 1.62 bits per heavy atom. The van der Waals surface area contributed by atoms with Crippen molar-refractivity contribution in [1.82, 2.24) is 5.32 Å². The number of benzene rings is 2. The van der Waals surface area contributed by atoms with Crippen LogP contribution in [0, 0.1) is 33.1 Å². The molecule has 0 aliphatic rings. The van der Waals surface area contributed by atoms with E-state index in [-0.39, 0.29) is 5.91 Å². The zero-order valence-electron chi connectivity index (χ0n) is 18.1. The molecule has 0 aliphatic carbocycles. The Labute approximate surface area is 173 Å². The van der Waals surface area contributed by atoms with Crippen LogP contribution in [0.2, 0.25) is 0 Å². The molecule has 1 N–H and O–H groups in total. The molecule has 0 saturated heterocycles. The summed E-state index contributed by atoms with van der Waals surface area (Å²) in [6, 6.07) is 10.5.